The Bertz CT molecular complexity index is 1390. The van der Waals surface area contributed by atoms with Crippen LogP contribution in [0.25, 0.3) is 5.76 Å². The molecule has 1 amide bonds. The standard InChI is InChI=1S/C31H33NO7/c1-4-6-13-38-25-12-9-20(17-26(25)36-5-2)28-27(30(34)31(35)32(28)18-23-8-7-14-37-23)29(33)21-10-11-24-22(16-21)15-19(3)39-24/h7-12,14,16-17,19,28,33H,4-6,13,15,18H2,1-3H3. The molecule has 2 aliphatic heterocycles. The molecule has 2 unspecified atom stereocenters. The average Bonchev–Trinajstić information content (AvgIpc) is 3.63. The van der Waals surface area contributed by atoms with Gasteiger partial charge in [0.25, 0.3) is 11.7 Å². The minimum absolute atomic E-state index is 0.0144. The van der Waals surface area contributed by atoms with Crippen molar-refractivity contribution < 1.29 is 33.3 Å². The van der Waals surface area contributed by atoms with Gasteiger partial charge in [0.2, 0.25) is 0 Å². The van der Waals surface area contributed by atoms with Crippen molar-refractivity contribution in [1.82, 2.24) is 4.90 Å². The summed E-state index contributed by atoms with van der Waals surface area (Å²) >= 11 is 0. The van der Waals surface area contributed by atoms with Gasteiger partial charge in [0.05, 0.1) is 37.6 Å². The maximum absolute atomic E-state index is 13.5. The van der Waals surface area contributed by atoms with Gasteiger partial charge >= 0.3 is 0 Å². The molecule has 0 bridgehead atoms. The lowest BCUT2D eigenvalue weighted by atomic mass is 9.94. The van der Waals surface area contributed by atoms with Crippen LogP contribution in [0.3, 0.4) is 0 Å². The number of ether oxygens (including phenoxy) is 3. The largest absolute Gasteiger partial charge is 0.507 e. The summed E-state index contributed by atoms with van der Waals surface area (Å²) in [6.45, 7) is 6.97. The van der Waals surface area contributed by atoms with Gasteiger partial charge in [0.1, 0.15) is 23.4 Å². The van der Waals surface area contributed by atoms with E-state index in [1.165, 1.54) is 11.2 Å². The third-order valence-corrected chi connectivity index (χ3v) is 6.95. The molecule has 1 N–H and O–H groups in total. The van der Waals surface area contributed by atoms with Crippen LogP contribution < -0.4 is 14.2 Å². The highest BCUT2D eigenvalue weighted by Gasteiger charge is 2.46. The molecular formula is C31H33NO7. The molecule has 2 aromatic carbocycles. The van der Waals surface area contributed by atoms with Crippen LogP contribution in [0.5, 0.6) is 17.2 Å². The van der Waals surface area contributed by atoms with E-state index in [2.05, 4.69) is 6.92 Å². The molecular weight excluding hydrogens is 498 g/mol. The molecule has 8 heteroatoms. The number of benzene rings is 2. The smallest absolute Gasteiger partial charge is 0.296 e. The molecule has 0 saturated carbocycles. The summed E-state index contributed by atoms with van der Waals surface area (Å²) in [6, 6.07) is 13.3. The lowest BCUT2D eigenvalue weighted by Gasteiger charge is -2.25. The number of likely N-dealkylation sites (tertiary alicyclic amines) is 1. The second-order valence-electron chi connectivity index (χ2n) is 9.80. The highest BCUT2D eigenvalue weighted by Crippen LogP contribution is 2.43. The Morgan fingerprint density at radius 1 is 1.08 bits per heavy atom. The van der Waals surface area contributed by atoms with E-state index in [-0.39, 0.29) is 24.0 Å². The number of unbranched alkanes of at least 4 members (excludes halogenated alkanes) is 1. The monoisotopic (exact) mass is 531 g/mol. The minimum Gasteiger partial charge on any atom is -0.507 e. The predicted octanol–water partition coefficient (Wildman–Crippen LogP) is 5.80. The van der Waals surface area contributed by atoms with Gasteiger partial charge in [0, 0.05) is 12.0 Å². The van der Waals surface area contributed by atoms with Crippen LogP contribution in [-0.2, 0) is 22.6 Å². The van der Waals surface area contributed by atoms with Crippen LogP contribution in [0.15, 0.2) is 64.8 Å². The zero-order chi connectivity index (χ0) is 27.5. The van der Waals surface area contributed by atoms with E-state index < -0.39 is 17.7 Å². The summed E-state index contributed by atoms with van der Waals surface area (Å²) in [4.78, 5) is 28.2. The Morgan fingerprint density at radius 2 is 1.92 bits per heavy atom. The highest BCUT2D eigenvalue weighted by atomic mass is 16.5. The van der Waals surface area contributed by atoms with Crippen LogP contribution in [0.1, 0.15) is 62.1 Å². The molecule has 1 saturated heterocycles. The van der Waals surface area contributed by atoms with Gasteiger partial charge < -0.3 is 28.6 Å². The molecule has 3 heterocycles. The normalized spacial score (nSPS) is 19.7. The van der Waals surface area contributed by atoms with Crippen molar-refractivity contribution >= 4 is 17.4 Å². The Hall–Kier alpha value is -4.20. The number of furan rings is 1. The molecule has 0 radical (unpaired) electrons. The maximum Gasteiger partial charge on any atom is 0.296 e. The van der Waals surface area contributed by atoms with Crippen molar-refractivity contribution in [3.05, 3.63) is 82.8 Å². The SMILES string of the molecule is CCCCOc1ccc(C2C(=C(O)c3ccc4c(c3)CC(C)O4)C(=O)C(=O)N2Cc2ccco2)cc1OCC. The van der Waals surface area contributed by atoms with Crippen molar-refractivity contribution in [1.29, 1.82) is 0 Å². The fourth-order valence-electron chi connectivity index (χ4n) is 5.09. The van der Waals surface area contributed by atoms with E-state index in [9.17, 15) is 14.7 Å². The number of carbonyl (C=O) groups excluding carboxylic acids is 2. The number of nitrogens with zero attached hydrogens (tertiary/aromatic N) is 1. The number of carbonyl (C=O) groups is 2. The molecule has 39 heavy (non-hydrogen) atoms. The fraction of sp³-hybridized carbons (Fsp3) is 0.355. The van der Waals surface area contributed by atoms with Crippen molar-refractivity contribution in [3.63, 3.8) is 0 Å². The second-order valence-corrected chi connectivity index (χ2v) is 9.80. The summed E-state index contributed by atoms with van der Waals surface area (Å²) in [6.07, 6.45) is 4.15. The van der Waals surface area contributed by atoms with Gasteiger partial charge in [-0.2, -0.15) is 0 Å². The number of Topliss-reactive ketones (excluding diaryl/α,β-unsaturated/α-hetero) is 1. The van der Waals surface area contributed by atoms with Crippen molar-refractivity contribution in [2.75, 3.05) is 13.2 Å². The fourth-order valence-corrected chi connectivity index (χ4v) is 5.09. The molecule has 3 aromatic rings. The van der Waals surface area contributed by atoms with Gasteiger partial charge in [-0.3, -0.25) is 9.59 Å². The van der Waals surface area contributed by atoms with E-state index in [4.69, 9.17) is 18.6 Å². The van der Waals surface area contributed by atoms with Gasteiger partial charge in [-0.1, -0.05) is 19.4 Å². The summed E-state index contributed by atoms with van der Waals surface area (Å²) in [5, 5.41) is 11.5. The van der Waals surface area contributed by atoms with E-state index in [0.717, 1.165) is 24.2 Å². The van der Waals surface area contributed by atoms with E-state index >= 15 is 0 Å². The molecule has 1 aromatic heterocycles. The number of aliphatic hydroxyl groups is 1. The molecule has 0 spiro atoms. The summed E-state index contributed by atoms with van der Waals surface area (Å²) in [5.74, 6) is 0.684. The number of amides is 1. The number of aliphatic hydroxyl groups excluding tert-OH is 1. The molecule has 5 rings (SSSR count). The first-order valence-electron chi connectivity index (χ1n) is 13.4. The predicted molar refractivity (Wildman–Crippen MR) is 145 cm³/mol. The lowest BCUT2D eigenvalue weighted by molar-refractivity contribution is -0.140. The second kappa shape index (κ2) is 11.3. The van der Waals surface area contributed by atoms with Crippen LogP contribution >= 0.6 is 0 Å². The molecule has 1 fully saturated rings. The third kappa shape index (κ3) is 5.24. The Balaban J connectivity index is 1.60. The zero-order valence-electron chi connectivity index (χ0n) is 22.4. The number of fused-ring (bicyclic) bond motifs is 1. The number of ketones is 1. The third-order valence-electron chi connectivity index (χ3n) is 6.95. The van der Waals surface area contributed by atoms with Crippen LogP contribution in [0.4, 0.5) is 0 Å². The van der Waals surface area contributed by atoms with Crippen LogP contribution in [-0.4, -0.2) is 41.0 Å². The van der Waals surface area contributed by atoms with Crippen LogP contribution in [0, 0.1) is 0 Å². The molecule has 204 valence electrons. The van der Waals surface area contributed by atoms with E-state index in [1.807, 2.05) is 19.9 Å². The van der Waals surface area contributed by atoms with E-state index in [1.54, 1.807) is 42.5 Å². The van der Waals surface area contributed by atoms with Gasteiger partial charge in [-0.05, 0) is 73.9 Å². The quantitative estimate of drug-likeness (QED) is 0.153. The van der Waals surface area contributed by atoms with Crippen LogP contribution in [0.2, 0.25) is 0 Å². The number of hydrogen-bond acceptors (Lipinski definition) is 7. The zero-order valence-corrected chi connectivity index (χ0v) is 22.4. The number of hydrogen-bond donors (Lipinski definition) is 1. The Kier molecular flexibility index (Phi) is 7.63. The Morgan fingerprint density at radius 3 is 2.67 bits per heavy atom. The maximum atomic E-state index is 13.5. The first-order valence-corrected chi connectivity index (χ1v) is 13.4. The van der Waals surface area contributed by atoms with Crippen molar-refractivity contribution in [2.45, 2.75) is 58.7 Å². The first-order chi connectivity index (χ1) is 18.9. The Labute approximate surface area is 227 Å². The molecule has 2 aliphatic rings. The summed E-state index contributed by atoms with van der Waals surface area (Å²) < 4.78 is 23.1. The minimum atomic E-state index is -0.859. The topological polar surface area (TPSA) is 98.4 Å². The highest BCUT2D eigenvalue weighted by molar-refractivity contribution is 6.46. The summed E-state index contributed by atoms with van der Waals surface area (Å²) in [5.41, 5.74) is 2.03. The van der Waals surface area contributed by atoms with Gasteiger partial charge in [-0.25, -0.2) is 0 Å². The van der Waals surface area contributed by atoms with Crippen molar-refractivity contribution in [3.8, 4) is 17.2 Å². The molecule has 0 aliphatic carbocycles. The van der Waals surface area contributed by atoms with Gasteiger partial charge in [-0.15, -0.1) is 0 Å². The molecule has 2 atom stereocenters. The van der Waals surface area contributed by atoms with E-state index in [0.29, 0.717) is 48.0 Å². The number of rotatable bonds is 10. The lowest BCUT2D eigenvalue weighted by Crippen LogP contribution is -2.29. The van der Waals surface area contributed by atoms with Crippen molar-refractivity contribution in [2.24, 2.45) is 0 Å². The van der Waals surface area contributed by atoms with Gasteiger partial charge in [0.15, 0.2) is 11.5 Å². The summed E-state index contributed by atoms with van der Waals surface area (Å²) in [7, 11) is 0. The average molecular weight is 532 g/mol. The first kappa shape index (κ1) is 26.4. The molecule has 8 nitrogen and oxygen atoms in total.